The second kappa shape index (κ2) is 3.78. The zero-order chi connectivity index (χ0) is 7.28. The van der Waals surface area contributed by atoms with Crippen molar-refractivity contribution in [3.05, 3.63) is 36.2 Å². The van der Waals surface area contributed by atoms with Gasteiger partial charge in [0.15, 0.2) is 0 Å². The van der Waals surface area contributed by atoms with Gasteiger partial charge in [0.05, 0.1) is 0 Å². The van der Waals surface area contributed by atoms with Gasteiger partial charge < -0.3 is 11.5 Å². The second-order valence-electron chi connectivity index (χ2n) is 1.72. The first-order chi connectivity index (χ1) is 4.16. The minimum Gasteiger partial charge on any atom is -0.399 e. The average molecular weight is 124 g/mol. The number of hydrogen-bond acceptors (Lipinski definition) is 2. The molecular formula is C7H12N2. The van der Waals surface area contributed by atoms with Gasteiger partial charge in [-0.2, -0.15) is 0 Å². The molecule has 50 valence electrons. The molecule has 0 atom stereocenters. The third kappa shape index (κ3) is 4.68. The summed E-state index contributed by atoms with van der Waals surface area (Å²) in [6.45, 7) is 5.35. The van der Waals surface area contributed by atoms with Gasteiger partial charge in [0.1, 0.15) is 0 Å². The molecule has 0 radical (unpaired) electrons. The molecule has 0 aliphatic rings. The summed E-state index contributed by atoms with van der Waals surface area (Å²) in [5, 5.41) is 0. The molecule has 0 amide bonds. The predicted octanol–water partition coefficient (Wildman–Crippen LogP) is 0.878. The van der Waals surface area contributed by atoms with Crippen LogP contribution in [-0.2, 0) is 0 Å². The Labute approximate surface area is 55.5 Å². The van der Waals surface area contributed by atoms with E-state index < -0.39 is 0 Å². The number of nitrogens with two attached hydrogens (primary N) is 2. The quantitative estimate of drug-likeness (QED) is 0.537. The predicted molar refractivity (Wildman–Crippen MR) is 40.4 cm³/mol. The third-order valence-electron chi connectivity index (χ3n) is 0.711. The van der Waals surface area contributed by atoms with Crippen molar-refractivity contribution >= 4 is 0 Å². The molecule has 0 unspecified atom stereocenters. The lowest BCUT2D eigenvalue weighted by molar-refractivity contribution is 1.35. The Bertz CT molecular complexity index is 154. The molecule has 0 bridgehead atoms. The zero-order valence-electron chi connectivity index (χ0n) is 5.59. The third-order valence-corrected chi connectivity index (χ3v) is 0.711. The van der Waals surface area contributed by atoms with Crippen LogP contribution in [0.25, 0.3) is 0 Å². The fourth-order valence-corrected chi connectivity index (χ4v) is 0.455. The Balaban J connectivity index is 4.00. The first-order valence-corrected chi connectivity index (χ1v) is 2.71. The van der Waals surface area contributed by atoms with Crippen molar-refractivity contribution in [2.45, 2.75) is 6.92 Å². The lowest BCUT2D eigenvalue weighted by Gasteiger charge is -1.90. The van der Waals surface area contributed by atoms with E-state index in [0.29, 0.717) is 11.4 Å². The van der Waals surface area contributed by atoms with E-state index >= 15 is 0 Å². The van der Waals surface area contributed by atoms with Crippen LogP contribution in [0.15, 0.2) is 36.2 Å². The molecule has 0 saturated heterocycles. The Kier molecular flexibility index (Phi) is 3.28. The number of allylic oxidation sites excluding steroid dienone is 3. The van der Waals surface area contributed by atoms with E-state index in [9.17, 15) is 0 Å². The lowest BCUT2D eigenvalue weighted by atomic mass is 10.3. The monoisotopic (exact) mass is 124 g/mol. The van der Waals surface area contributed by atoms with Crippen LogP contribution >= 0.6 is 0 Å². The molecule has 0 heterocycles. The van der Waals surface area contributed by atoms with E-state index in [2.05, 4.69) is 6.58 Å². The second-order valence-corrected chi connectivity index (χ2v) is 1.72. The summed E-state index contributed by atoms with van der Waals surface area (Å²) in [4.78, 5) is 0. The van der Waals surface area contributed by atoms with Crippen molar-refractivity contribution in [3.63, 3.8) is 0 Å². The lowest BCUT2D eigenvalue weighted by Crippen LogP contribution is -1.97. The van der Waals surface area contributed by atoms with Crippen LogP contribution in [0.3, 0.4) is 0 Å². The summed E-state index contributed by atoms with van der Waals surface area (Å²) in [5.74, 6) is 0. The van der Waals surface area contributed by atoms with Crippen LogP contribution < -0.4 is 11.5 Å². The van der Waals surface area contributed by atoms with Gasteiger partial charge in [-0.15, -0.1) is 0 Å². The normalized spacial score (nSPS) is 12.3. The fraction of sp³-hybridized carbons (Fsp3) is 0.143. The minimum atomic E-state index is 0.477. The van der Waals surface area contributed by atoms with Gasteiger partial charge >= 0.3 is 0 Å². The molecule has 2 nitrogen and oxygen atoms in total. The summed E-state index contributed by atoms with van der Waals surface area (Å²) >= 11 is 0. The van der Waals surface area contributed by atoms with Gasteiger partial charge in [-0.25, -0.2) is 0 Å². The van der Waals surface area contributed by atoms with Crippen LogP contribution in [0.5, 0.6) is 0 Å². The molecular weight excluding hydrogens is 112 g/mol. The Morgan fingerprint density at radius 3 is 2.33 bits per heavy atom. The molecule has 0 rings (SSSR count). The van der Waals surface area contributed by atoms with Crippen molar-refractivity contribution in [2.24, 2.45) is 11.5 Å². The maximum absolute atomic E-state index is 5.42. The maximum atomic E-state index is 5.42. The molecule has 0 aromatic carbocycles. The molecule has 0 saturated carbocycles. The smallest absolute Gasteiger partial charge is 0.0331 e. The van der Waals surface area contributed by atoms with Crippen LogP contribution in [0, 0.1) is 0 Å². The van der Waals surface area contributed by atoms with Crippen LogP contribution in [0.1, 0.15) is 6.92 Å². The Morgan fingerprint density at radius 1 is 1.44 bits per heavy atom. The highest BCUT2D eigenvalue weighted by Crippen LogP contribution is 1.89. The molecule has 0 aliphatic heterocycles. The topological polar surface area (TPSA) is 52.0 Å². The highest BCUT2D eigenvalue weighted by atomic mass is 14.6. The van der Waals surface area contributed by atoms with Gasteiger partial charge in [-0.3, -0.25) is 0 Å². The van der Waals surface area contributed by atoms with Crippen molar-refractivity contribution in [3.8, 4) is 0 Å². The fourth-order valence-electron chi connectivity index (χ4n) is 0.455. The van der Waals surface area contributed by atoms with Crippen LogP contribution in [0.2, 0.25) is 0 Å². The van der Waals surface area contributed by atoms with Gasteiger partial charge in [0.2, 0.25) is 0 Å². The molecule has 0 fully saturated rings. The molecule has 0 spiro atoms. The first-order valence-electron chi connectivity index (χ1n) is 2.71. The Morgan fingerprint density at radius 2 is 2.00 bits per heavy atom. The summed E-state index contributed by atoms with van der Waals surface area (Å²) < 4.78 is 0. The zero-order valence-corrected chi connectivity index (χ0v) is 5.59. The minimum absolute atomic E-state index is 0.477. The first kappa shape index (κ1) is 7.82. The van der Waals surface area contributed by atoms with Crippen molar-refractivity contribution < 1.29 is 0 Å². The highest BCUT2D eigenvalue weighted by Gasteiger charge is 1.79. The SMILES string of the molecule is C=C(N)/C=C(N)\C=C/C. The van der Waals surface area contributed by atoms with E-state index in [1.165, 1.54) is 0 Å². The van der Waals surface area contributed by atoms with Gasteiger partial charge in [-0.1, -0.05) is 12.7 Å². The van der Waals surface area contributed by atoms with Crippen LogP contribution in [0.4, 0.5) is 0 Å². The summed E-state index contributed by atoms with van der Waals surface area (Å²) in [7, 11) is 0. The summed E-state index contributed by atoms with van der Waals surface area (Å²) in [6.07, 6.45) is 5.22. The average Bonchev–Trinajstić information content (AvgIpc) is 1.63. The van der Waals surface area contributed by atoms with Crippen molar-refractivity contribution in [2.75, 3.05) is 0 Å². The van der Waals surface area contributed by atoms with Gasteiger partial charge in [-0.05, 0) is 19.1 Å². The largest absolute Gasteiger partial charge is 0.399 e. The molecule has 0 aliphatic carbocycles. The molecule has 9 heavy (non-hydrogen) atoms. The number of rotatable bonds is 2. The maximum Gasteiger partial charge on any atom is 0.0331 e. The van der Waals surface area contributed by atoms with Gasteiger partial charge in [0, 0.05) is 11.4 Å². The number of hydrogen-bond donors (Lipinski definition) is 2. The van der Waals surface area contributed by atoms with E-state index in [1.54, 1.807) is 12.2 Å². The van der Waals surface area contributed by atoms with E-state index in [4.69, 9.17) is 11.5 Å². The van der Waals surface area contributed by atoms with Crippen molar-refractivity contribution in [1.29, 1.82) is 0 Å². The molecule has 4 N–H and O–H groups in total. The van der Waals surface area contributed by atoms with Crippen molar-refractivity contribution in [1.82, 2.24) is 0 Å². The van der Waals surface area contributed by atoms with E-state index in [1.807, 2.05) is 13.0 Å². The van der Waals surface area contributed by atoms with E-state index in [0.717, 1.165) is 0 Å². The standard InChI is InChI=1S/C7H12N2/c1-3-4-7(9)5-6(2)8/h3-5H,2,8-9H2,1H3/b4-3-,7-5+. The van der Waals surface area contributed by atoms with E-state index in [-0.39, 0.29) is 0 Å². The summed E-state index contributed by atoms with van der Waals surface area (Å²) in [6, 6.07) is 0. The molecule has 0 aromatic rings. The van der Waals surface area contributed by atoms with Gasteiger partial charge in [0.25, 0.3) is 0 Å². The Hall–Kier alpha value is -1.18. The van der Waals surface area contributed by atoms with Crippen LogP contribution in [-0.4, -0.2) is 0 Å². The summed E-state index contributed by atoms with van der Waals surface area (Å²) in [5.41, 5.74) is 11.8. The molecule has 2 heteroatoms. The highest BCUT2D eigenvalue weighted by molar-refractivity contribution is 5.23. The molecule has 0 aromatic heterocycles.